The summed E-state index contributed by atoms with van der Waals surface area (Å²) in [5, 5.41) is 4.10. The minimum Gasteiger partial charge on any atom is -0.311 e. The Morgan fingerprint density at radius 3 is 2.39 bits per heavy atom. The fourth-order valence-corrected chi connectivity index (χ4v) is 6.13. The van der Waals surface area contributed by atoms with Gasteiger partial charge < -0.3 is 5.32 Å². The molecule has 0 spiro atoms. The predicted molar refractivity (Wildman–Crippen MR) is 75.3 cm³/mol. The molecule has 102 valence electrons. The van der Waals surface area contributed by atoms with Crippen LogP contribution in [0.3, 0.4) is 0 Å². The fraction of sp³-hybridized carbons (Fsp3) is 1.00. The maximum Gasteiger partial charge on any atom is 0.0104 e. The van der Waals surface area contributed by atoms with Crippen molar-refractivity contribution < 1.29 is 0 Å². The zero-order valence-electron chi connectivity index (χ0n) is 12.1. The van der Waals surface area contributed by atoms with Crippen LogP contribution in [0.2, 0.25) is 0 Å². The Kier molecular flexibility index (Phi) is 2.76. The van der Waals surface area contributed by atoms with Crippen molar-refractivity contribution >= 4 is 0 Å². The summed E-state index contributed by atoms with van der Waals surface area (Å²) in [6, 6.07) is 1.73. The molecule has 0 amide bonds. The molecule has 1 heteroatoms. The summed E-state index contributed by atoms with van der Waals surface area (Å²) in [6.45, 7) is 4.92. The summed E-state index contributed by atoms with van der Waals surface area (Å²) >= 11 is 0. The molecule has 0 aromatic carbocycles. The standard InChI is InChI=1S/C17H29N/c1-10-6-7-16(11(10)2)18-17-9-12-8-15(17)14-5-3-4-13(12)14/h10-18H,3-9H2,1-2H3. The molecule has 4 aliphatic rings. The Balaban J connectivity index is 1.42. The fourth-order valence-electron chi connectivity index (χ4n) is 6.13. The molecule has 4 aliphatic carbocycles. The highest BCUT2D eigenvalue weighted by atomic mass is 15.0. The van der Waals surface area contributed by atoms with Crippen molar-refractivity contribution in [2.24, 2.45) is 35.5 Å². The highest BCUT2D eigenvalue weighted by molar-refractivity contribution is 5.06. The molecule has 18 heavy (non-hydrogen) atoms. The SMILES string of the molecule is CC1CCC(NC2CC3CC2C2CCCC32)C1C. The maximum absolute atomic E-state index is 4.10. The van der Waals surface area contributed by atoms with Gasteiger partial charge in [-0.3, -0.25) is 0 Å². The Morgan fingerprint density at radius 2 is 1.61 bits per heavy atom. The first-order chi connectivity index (χ1) is 8.74. The Bertz CT molecular complexity index is 326. The minimum atomic E-state index is 0.837. The van der Waals surface area contributed by atoms with Gasteiger partial charge in [-0.1, -0.05) is 20.3 Å². The van der Waals surface area contributed by atoms with E-state index in [1.165, 1.54) is 25.7 Å². The third-order valence-corrected chi connectivity index (χ3v) is 7.32. The molecule has 0 aliphatic heterocycles. The highest BCUT2D eigenvalue weighted by Crippen LogP contribution is 2.58. The summed E-state index contributed by atoms with van der Waals surface area (Å²) < 4.78 is 0. The lowest BCUT2D eigenvalue weighted by atomic mass is 9.78. The maximum atomic E-state index is 4.10. The van der Waals surface area contributed by atoms with Gasteiger partial charge in [0.05, 0.1) is 0 Å². The number of nitrogens with one attached hydrogen (secondary N) is 1. The average molecular weight is 247 g/mol. The van der Waals surface area contributed by atoms with Crippen LogP contribution in [-0.2, 0) is 0 Å². The van der Waals surface area contributed by atoms with Crippen LogP contribution >= 0.6 is 0 Å². The molecular weight excluding hydrogens is 218 g/mol. The van der Waals surface area contributed by atoms with Gasteiger partial charge in [0.1, 0.15) is 0 Å². The summed E-state index contributed by atoms with van der Waals surface area (Å²) in [5.41, 5.74) is 0. The van der Waals surface area contributed by atoms with E-state index in [1.54, 1.807) is 19.3 Å². The summed E-state index contributed by atoms with van der Waals surface area (Å²) in [6.07, 6.45) is 10.6. The van der Waals surface area contributed by atoms with Crippen LogP contribution in [0.25, 0.3) is 0 Å². The second-order valence-electron chi connectivity index (χ2n) is 7.95. The quantitative estimate of drug-likeness (QED) is 0.782. The van der Waals surface area contributed by atoms with Crippen LogP contribution in [0.4, 0.5) is 0 Å². The van der Waals surface area contributed by atoms with Gasteiger partial charge in [0.2, 0.25) is 0 Å². The Morgan fingerprint density at radius 1 is 0.778 bits per heavy atom. The first kappa shape index (κ1) is 11.8. The van der Waals surface area contributed by atoms with E-state index in [-0.39, 0.29) is 0 Å². The van der Waals surface area contributed by atoms with E-state index >= 15 is 0 Å². The van der Waals surface area contributed by atoms with Crippen molar-refractivity contribution in [3.05, 3.63) is 0 Å². The molecule has 8 atom stereocenters. The largest absolute Gasteiger partial charge is 0.311 e. The van der Waals surface area contributed by atoms with Crippen molar-refractivity contribution in [2.45, 2.75) is 70.9 Å². The van der Waals surface area contributed by atoms with E-state index < -0.39 is 0 Å². The van der Waals surface area contributed by atoms with Gasteiger partial charge in [-0.15, -0.1) is 0 Å². The minimum absolute atomic E-state index is 0.837. The normalized spacial score (nSPS) is 58.3. The molecule has 4 saturated carbocycles. The lowest BCUT2D eigenvalue weighted by Crippen LogP contribution is -2.45. The van der Waals surface area contributed by atoms with E-state index in [9.17, 15) is 0 Å². The molecule has 0 heterocycles. The molecule has 0 radical (unpaired) electrons. The van der Waals surface area contributed by atoms with Gasteiger partial charge in [-0.05, 0) is 74.0 Å². The van der Waals surface area contributed by atoms with E-state index in [4.69, 9.17) is 0 Å². The molecule has 1 N–H and O–H groups in total. The second-order valence-corrected chi connectivity index (χ2v) is 7.95. The van der Waals surface area contributed by atoms with Gasteiger partial charge >= 0.3 is 0 Å². The van der Waals surface area contributed by atoms with Crippen molar-refractivity contribution in [2.75, 3.05) is 0 Å². The van der Waals surface area contributed by atoms with Crippen LogP contribution in [0.15, 0.2) is 0 Å². The first-order valence-electron chi connectivity index (χ1n) is 8.50. The van der Waals surface area contributed by atoms with Crippen LogP contribution in [-0.4, -0.2) is 12.1 Å². The van der Waals surface area contributed by atoms with E-state index in [2.05, 4.69) is 19.2 Å². The number of rotatable bonds is 2. The lowest BCUT2D eigenvalue weighted by molar-refractivity contribution is 0.188. The number of hydrogen-bond donors (Lipinski definition) is 1. The molecular formula is C17H29N. The third kappa shape index (κ3) is 1.62. The summed E-state index contributed by atoms with van der Waals surface area (Å²) in [5.74, 6) is 6.28. The van der Waals surface area contributed by atoms with Crippen LogP contribution in [0.5, 0.6) is 0 Å². The van der Waals surface area contributed by atoms with Gasteiger partial charge in [0.25, 0.3) is 0 Å². The lowest BCUT2D eigenvalue weighted by Gasteiger charge is -2.35. The molecule has 0 aromatic heterocycles. The Labute approximate surface area is 112 Å². The second kappa shape index (κ2) is 4.23. The van der Waals surface area contributed by atoms with Gasteiger partial charge in [-0.2, -0.15) is 0 Å². The van der Waals surface area contributed by atoms with E-state index in [0.717, 1.165) is 47.6 Å². The van der Waals surface area contributed by atoms with Crippen LogP contribution < -0.4 is 5.32 Å². The van der Waals surface area contributed by atoms with Crippen molar-refractivity contribution in [1.82, 2.24) is 5.32 Å². The smallest absolute Gasteiger partial charge is 0.0104 e. The molecule has 8 unspecified atom stereocenters. The number of fused-ring (bicyclic) bond motifs is 5. The van der Waals surface area contributed by atoms with Gasteiger partial charge in [-0.25, -0.2) is 0 Å². The van der Waals surface area contributed by atoms with Crippen molar-refractivity contribution in [1.29, 1.82) is 0 Å². The highest BCUT2D eigenvalue weighted by Gasteiger charge is 2.54. The topological polar surface area (TPSA) is 12.0 Å². The van der Waals surface area contributed by atoms with Crippen molar-refractivity contribution in [3.8, 4) is 0 Å². The zero-order valence-corrected chi connectivity index (χ0v) is 12.1. The van der Waals surface area contributed by atoms with E-state index in [0.29, 0.717) is 0 Å². The number of hydrogen-bond acceptors (Lipinski definition) is 1. The van der Waals surface area contributed by atoms with E-state index in [1.807, 2.05) is 0 Å². The average Bonchev–Trinajstić information content (AvgIpc) is 3.06. The van der Waals surface area contributed by atoms with Crippen LogP contribution in [0, 0.1) is 35.5 Å². The molecule has 0 saturated heterocycles. The third-order valence-electron chi connectivity index (χ3n) is 7.32. The monoisotopic (exact) mass is 247 g/mol. The predicted octanol–water partition coefficient (Wildman–Crippen LogP) is 3.84. The van der Waals surface area contributed by atoms with Gasteiger partial charge in [0, 0.05) is 12.1 Å². The van der Waals surface area contributed by atoms with Gasteiger partial charge in [0.15, 0.2) is 0 Å². The van der Waals surface area contributed by atoms with Crippen molar-refractivity contribution in [3.63, 3.8) is 0 Å². The molecule has 1 nitrogen and oxygen atoms in total. The summed E-state index contributed by atoms with van der Waals surface area (Å²) in [7, 11) is 0. The zero-order chi connectivity index (χ0) is 12.3. The molecule has 4 fully saturated rings. The molecule has 0 aromatic rings. The van der Waals surface area contributed by atoms with Crippen LogP contribution in [0.1, 0.15) is 58.8 Å². The molecule has 4 rings (SSSR count). The first-order valence-corrected chi connectivity index (χ1v) is 8.50. The Hall–Kier alpha value is -0.0400. The molecule has 2 bridgehead atoms. The summed E-state index contributed by atoms with van der Waals surface area (Å²) in [4.78, 5) is 0.